The molecule has 0 aliphatic carbocycles. The number of esters is 1. The van der Waals surface area contributed by atoms with Gasteiger partial charge in [-0.05, 0) is 43.7 Å². The van der Waals surface area contributed by atoms with Crippen molar-refractivity contribution >= 4 is 17.6 Å². The summed E-state index contributed by atoms with van der Waals surface area (Å²) in [4.78, 5) is 30.2. The number of aryl methyl sites for hydroxylation is 1. The summed E-state index contributed by atoms with van der Waals surface area (Å²) in [6, 6.07) is 17.4. The quantitative estimate of drug-likeness (QED) is 0.546. The minimum atomic E-state index is -1.19. The third kappa shape index (κ3) is 5.39. The Morgan fingerprint density at radius 3 is 2.55 bits per heavy atom. The Labute approximate surface area is 181 Å². The van der Waals surface area contributed by atoms with Gasteiger partial charge in [-0.2, -0.15) is 0 Å². The molecule has 7 heteroatoms. The van der Waals surface area contributed by atoms with Gasteiger partial charge in [0.25, 0.3) is 5.91 Å². The number of nitrogens with zero attached hydrogens (tertiary/aromatic N) is 1. The van der Waals surface area contributed by atoms with Gasteiger partial charge in [-0.1, -0.05) is 36.4 Å². The van der Waals surface area contributed by atoms with Crippen LogP contribution >= 0.6 is 0 Å². The van der Waals surface area contributed by atoms with Crippen molar-refractivity contribution in [3.8, 4) is 11.6 Å². The molecule has 0 spiro atoms. The van der Waals surface area contributed by atoms with E-state index in [4.69, 9.17) is 14.2 Å². The predicted molar refractivity (Wildman–Crippen MR) is 116 cm³/mol. The molecule has 2 aromatic carbocycles. The number of carbonyl (C=O) groups excluding carboxylic acids is 2. The molecule has 0 aliphatic heterocycles. The van der Waals surface area contributed by atoms with Gasteiger partial charge in [0.05, 0.1) is 19.4 Å². The second-order valence-electron chi connectivity index (χ2n) is 6.68. The van der Waals surface area contributed by atoms with Gasteiger partial charge in [-0.25, -0.2) is 9.78 Å². The Bertz CT molecular complexity index is 1050. The van der Waals surface area contributed by atoms with Crippen LogP contribution in [-0.4, -0.2) is 30.6 Å². The summed E-state index contributed by atoms with van der Waals surface area (Å²) < 4.78 is 16.4. The lowest BCUT2D eigenvalue weighted by molar-refractivity contribution is -0.125. The minimum Gasteiger partial charge on any atom is -0.495 e. The number of methoxy groups -OCH3 is 1. The maximum Gasteiger partial charge on any atom is 0.344 e. The number of aromatic nitrogens is 1. The molecule has 1 atom stereocenters. The van der Waals surface area contributed by atoms with Crippen molar-refractivity contribution in [1.82, 2.24) is 4.98 Å². The van der Waals surface area contributed by atoms with Crippen molar-refractivity contribution in [2.24, 2.45) is 0 Å². The van der Waals surface area contributed by atoms with Crippen molar-refractivity contribution < 1.29 is 23.8 Å². The highest BCUT2D eigenvalue weighted by molar-refractivity contribution is 5.99. The van der Waals surface area contributed by atoms with Crippen molar-refractivity contribution in [3.63, 3.8) is 0 Å². The molecule has 1 amide bonds. The second kappa shape index (κ2) is 10.2. The summed E-state index contributed by atoms with van der Waals surface area (Å²) >= 11 is 0. The first-order valence-corrected chi connectivity index (χ1v) is 9.82. The van der Waals surface area contributed by atoms with Gasteiger partial charge in [0.15, 0.2) is 0 Å². The van der Waals surface area contributed by atoms with Crippen LogP contribution in [0.5, 0.6) is 11.6 Å². The summed E-state index contributed by atoms with van der Waals surface area (Å²) in [6.45, 7) is 4.04. The number of rotatable bonds is 8. The van der Waals surface area contributed by atoms with Crippen LogP contribution in [-0.2, 0) is 9.53 Å². The summed E-state index contributed by atoms with van der Waals surface area (Å²) in [5, 5.41) is 2.81. The van der Waals surface area contributed by atoms with E-state index < -0.39 is 18.0 Å². The van der Waals surface area contributed by atoms with Gasteiger partial charge in [0, 0.05) is 11.8 Å². The molecule has 0 saturated heterocycles. The largest absolute Gasteiger partial charge is 0.495 e. The van der Waals surface area contributed by atoms with Crippen molar-refractivity contribution in [2.75, 3.05) is 19.0 Å². The zero-order chi connectivity index (χ0) is 22.2. The van der Waals surface area contributed by atoms with Gasteiger partial charge in [0.1, 0.15) is 11.3 Å². The lowest BCUT2D eigenvalue weighted by atomic mass is 10.1. The standard InChI is InChI=1S/C24H24N2O5/c1-4-30-23-18(11-8-14-25-23)24(28)31-21(17-9-6-5-7-10-17)22(27)26-19-15-16(2)12-13-20(19)29-3/h5-15,21H,4H2,1-3H3,(H,26,27)/t21-/m1/s1. The number of hydrogen-bond acceptors (Lipinski definition) is 6. The molecule has 1 N–H and O–H groups in total. The Kier molecular flexibility index (Phi) is 7.22. The monoisotopic (exact) mass is 420 g/mol. The molecule has 0 aliphatic rings. The van der Waals surface area contributed by atoms with Crippen LogP contribution in [0.2, 0.25) is 0 Å². The van der Waals surface area contributed by atoms with Crippen molar-refractivity contribution in [1.29, 1.82) is 0 Å². The van der Waals surface area contributed by atoms with E-state index in [9.17, 15) is 9.59 Å². The van der Waals surface area contributed by atoms with E-state index in [1.807, 2.05) is 19.1 Å². The Balaban J connectivity index is 1.90. The number of carbonyl (C=O) groups is 2. The Morgan fingerprint density at radius 2 is 1.84 bits per heavy atom. The Morgan fingerprint density at radius 1 is 1.06 bits per heavy atom. The molecule has 31 heavy (non-hydrogen) atoms. The summed E-state index contributed by atoms with van der Waals surface area (Å²) in [7, 11) is 1.52. The van der Waals surface area contributed by atoms with Crippen LogP contribution < -0.4 is 14.8 Å². The number of nitrogens with one attached hydrogen (secondary N) is 1. The lowest BCUT2D eigenvalue weighted by Crippen LogP contribution is -2.26. The molecule has 0 fully saturated rings. The van der Waals surface area contributed by atoms with Crippen LogP contribution in [0.25, 0.3) is 0 Å². The molecule has 0 bridgehead atoms. The molecule has 1 heterocycles. The Hall–Kier alpha value is -3.87. The molecule has 7 nitrogen and oxygen atoms in total. The van der Waals surface area contributed by atoms with E-state index in [0.29, 0.717) is 23.6 Å². The number of hydrogen-bond donors (Lipinski definition) is 1. The average Bonchev–Trinajstić information content (AvgIpc) is 2.78. The van der Waals surface area contributed by atoms with Crippen LogP contribution in [0, 0.1) is 6.92 Å². The number of benzene rings is 2. The fraction of sp³-hybridized carbons (Fsp3) is 0.208. The second-order valence-corrected chi connectivity index (χ2v) is 6.68. The molecular weight excluding hydrogens is 396 g/mol. The van der Waals surface area contributed by atoms with Crippen LogP contribution in [0.3, 0.4) is 0 Å². The van der Waals surface area contributed by atoms with E-state index in [-0.39, 0.29) is 11.4 Å². The van der Waals surface area contributed by atoms with E-state index in [2.05, 4.69) is 10.3 Å². The summed E-state index contributed by atoms with van der Waals surface area (Å²) in [5.74, 6) is -0.562. The average molecular weight is 420 g/mol. The SMILES string of the molecule is CCOc1ncccc1C(=O)O[C@@H](C(=O)Nc1cc(C)ccc1OC)c1ccccc1. The fourth-order valence-electron chi connectivity index (χ4n) is 2.99. The molecule has 3 rings (SSSR count). The van der Waals surface area contributed by atoms with Gasteiger partial charge in [-0.15, -0.1) is 0 Å². The number of anilines is 1. The van der Waals surface area contributed by atoms with Crippen LogP contribution in [0.15, 0.2) is 66.9 Å². The van der Waals surface area contributed by atoms with Gasteiger partial charge in [-0.3, -0.25) is 4.79 Å². The van der Waals surface area contributed by atoms with Gasteiger partial charge in [0.2, 0.25) is 12.0 Å². The van der Waals surface area contributed by atoms with Crippen molar-refractivity contribution in [2.45, 2.75) is 20.0 Å². The number of ether oxygens (including phenoxy) is 3. The van der Waals surface area contributed by atoms with E-state index >= 15 is 0 Å². The van der Waals surface area contributed by atoms with E-state index in [0.717, 1.165) is 5.56 Å². The highest BCUT2D eigenvalue weighted by atomic mass is 16.6. The molecule has 3 aromatic rings. The maximum atomic E-state index is 13.2. The first kappa shape index (κ1) is 21.8. The first-order valence-electron chi connectivity index (χ1n) is 9.82. The third-order valence-corrected chi connectivity index (χ3v) is 4.45. The normalized spacial score (nSPS) is 11.3. The molecule has 160 valence electrons. The zero-order valence-electron chi connectivity index (χ0n) is 17.6. The molecule has 0 unspecified atom stereocenters. The predicted octanol–water partition coefficient (Wildman–Crippen LogP) is 4.33. The smallest absolute Gasteiger partial charge is 0.344 e. The number of pyridine rings is 1. The topological polar surface area (TPSA) is 86.8 Å². The van der Waals surface area contributed by atoms with Crippen LogP contribution in [0.1, 0.15) is 34.5 Å². The lowest BCUT2D eigenvalue weighted by Gasteiger charge is -2.19. The van der Waals surface area contributed by atoms with E-state index in [1.54, 1.807) is 55.5 Å². The molecular formula is C24H24N2O5. The summed E-state index contributed by atoms with van der Waals surface area (Å²) in [6.07, 6.45) is 0.335. The maximum absolute atomic E-state index is 13.2. The summed E-state index contributed by atoms with van der Waals surface area (Å²) in [5.41, 5.74) is 2.11. The molecule has 0 radical (unpaired) electrons. The number of amides is 1. The highest BCUT2D eigenvalue weighted by Gasteiger charge is 2.28. The fourth-order valence-corrected chi connectivity index (χ4v) is 2.99. The zero-order valence-corrected chi connectivity index (χ0v) is 17.6. The first-order chi connectivity index (χ1) is 15.0. The molecule has 1 aromatic heterocycles. The van der Waals surface area contributed by atoms with E-state index in [1.165, 1.54) is 13.3 Å². The van der Waals surface area contributed by atoms with Crippen molar-refractivity contribution in [3.05, 3.63) is 83.6 Å². The van der Waals surface area contributed by atoms with Gasteiger partial charge >= 0.3 is 5.97 Å². The minimum absolute atomic E-state index is 0.145. The molecule has 0 saturated carbocycles. The van der Waals surface area contributed by atoms with Gasteiger partial charge < -0.3 is 19.5 Å². The highest BCUT2D eigenvalue weighted by Crippen LogP contribution is 2.28. The third-order valence-electron chi connectivity index (χ3n) is 4.45. The van der Waals surface area contributed by atoms with Crippen LogP contribution in [0.4, 0.5) is 5.69 Å².